The van der Waals surface area contributed by atoms with E-state index in [1.165, 1.54) is 12.1 Å². The van der Waals surface area contributed by atoms with Crippen molar-refractivity contribution in [2.45, 2.75) is 0 Å². The van der Waals surface area contributed by atoms with Gasteiger partial charge < -0.3 is 4.42 Å². The molecule has 1 heterocycles. The van der Waals surface area contributed by atoms with E-state index in [0.717, 1.165) is 0 Å². The van der Waals surface area contributed by atoms with E-state index in [-0.39, 0.29) is 38.8 Å². The fourth-order valence-electron chi connectivity index (χ4n) is 5.65. The number of para-hydroxylation sites is 1. The predicted molar refractivity (Wildman–Crippen MR) is 193 cm³/mol. The van der Waals surface area contributed by atoms with Crippen LogP contribution in [-0.2, 0) is 0 Å². The molecule has 8 rings (SSSR count). The van der Waals surface area contributed by atoms with E-state index in [0.29, 0.717) is 18.5 Å². The van der Waals surface area contributed by atoms with Crippen molar-refractivity contribution in [2.24, 2.45) is 0 Å². The molecule has 0 bridgehead atoms. The molecule has 0 atom stereocenters. The first kappa shape index (κ1) is 12.2. The highest BCUT2D eigenvalue weighted by Gasteiger charge is 2.24. The molecule has 0 aliphatic carbocycles. The summed E-state index contributed by atoms with van der Waals surface area (Å²) >= 11 is 0. The van der Waals surface area contributed by atoms with E-state index < -0.39 is 165 Å². The van der Waals surface area contributed by atoms with Crippen LogP contribution in [0.15, 0.2) is 163 Å². The molecule has 1 heteroatoms. The van der Waals surface area contributed by atoms with Crippen LogP contribution < -0.4 is 0 Å². The predicted octanol–water partition coefficient (Wildman–Crippen LogP) is 12.7. The highest BCUT2D eigenvalue weighted by molar-refractivity contribution is 6.20. The van der Waals surface area contributed by atoms with Crippen LogP contribution >= 0.6 is 0 Å². The Labute approximate surface area is 293 Å². The summed E-state index contributed by atoms with van der Waals surface area (Å²) in [7, 11) is 0. The average Bonchev–Trinajstić information content (AvgIpc) is 3.70. The maximum atomic E-state index is 9.58. The van der Waals surface area contributed by atoms with Crippen molar-refractivity contribution in [1.82, 2.24) is 0 Å². The summed E-state index contributed by atoms with van der Waals surface area (Å²) in [4.78, 5) is 0. The van der Waals surface area contributed by atoms with Crippen molar-refractivity contribution >= 4 is 44.8 Å². The second-order valence-electron chi connectivity index (χ2n) is 9.78. The zero-order valence-electron chi connectivity index (χ0n) is 45.0. The summed E-state index contributed by atoms with van der Waals surface area (Å²) < 4.78 is 201. The lowest BCUT2D eigenvalue weighted by atomic mass is 9.80. The van der Waals surface area contributed by atoms with Gasteiger partial charge in [0.15, 0.2) is 0 Å². The van der Waals surface area contributed by atoms with Gasteiger partial charge in [0.05, 0.1) is 30.2 Å². The van der Waals surface area contributed by atoms with Gasteiger partial charge in [-0.3, -0.25) is 0 Å². The van der Waals surface area contributed by atoms with Crippen molar-refractivity contribution in [1.29, 1.82) is 0 Å². The topological polar surface area (TPSA) is 13.1 Å². The maximum absolute atomic E-state index is 9.58. The lowest BCUT2D eigenvalue weighted by molar-refractivity contribution is 0.669. The highest BCUT2D eigenvalue weighted by Crippen LogP contribution is 2.49. The minimum atomic E-state index is -0.970. The van der Waals surface area contributed by atoms with E-state index in [9.17, 15) is 8.22 Å². The summed E-state index contributed by atoms with van der Waals surface area (Å²) in [6.07, 6.45) is 0. The van der Waals surface area contributed by atoms with Crippen LogP contribution in [0.25, 0.3) is 89.3 Å². The van der Waals surface area contributed by atoms with Gasteiger partial charge in [-0.05, 0) is 84.6 Å². The van der Waals surface area contributed by atoms with E-state index in [1.54, 1.807) is 24.3 Å². The van der Waals surface area contributed by atoms with Crippen LogP contribution in [0.4, 0.5) is 0 Å². The van der Waals surface area contributed by atoms with Gasteiger partial charge in [-0.15, -0.1) is 0 Å². The van der Waals surface area contributed by atoms with Gasteiger partial charge in [0.25, 0.3) is 0 Å². The molecule has 0 amide bonds. The molecule has 0 unspecified atom stereocenters. The molecule has 1 nitrogen and oxygen atoms in total. The normalized spacial score (nSPS) is 19.1. The molecular formula is C44H30O. The van der Waals surface area contributed by atoms with Crippen LogP contribution in [-0.4, -0.2) is 0 Å². The monoisotopic (exact) mass is 596 g/mol. The molecule has 0 saturated heterocycles. The number of furan rings is 1. The number of benzene rings is 7. The van der Waals surface area contributed by atoms with Gasteiger partial charge in [-0.1, -0.05) is 152 Å². The van der Waals surface area contributed by atoms with Gasteiger partial charge in [-0.2, -0.15) is 0 Å². The molecule has 0 aliphatic heterocycles. The summed E-state index contributed by atoms with van der Waals surface area (Å²) in [6, 6.07) is -7.48. The molecule has 45 heavy (non-hydrogen) atoms. The lowest BCUT2D eigenvalue weighted by Crippen LogP contribution is -1.98. The van der Waals surface area contributed by atoms with Crippen molar-refractivity contribution < 1.29 is 34.6 Å². The third-order valence-electron chi connectivity index (χ3n) is 7.45. The molecule has 7 aromatic carbocycles. The van der Waals surface area contributed by atoms with Crippen LogP contribution in [0.3, 0.4) is 0 Å². The third-order valence-corrected chi connectivity index (χ3v) is 7.45. The van der Waals surface area contributed by atoms with Crippen molar-refractivity contribution in [2.75, 3.05) is 0 Å². The smallest absolute Gasteiger partial charge is 0.136 e. The van der Waals surface area contributed by atoms with Gasteiger partial charge in [0, 0.05) is 10.8 Å². The van der Waals surface area contributed by atoms with Gasteiger partial charge in [0.1, 0.15) is 11.2 Å². The van der Waals surface area contributed by atoms with Crippen LogP contribution in [0, 0.1) is 0 Å². The zero-order chi connectivity index (χ0) is 49.1. The Balaban J connectivity index is 1.76. The molecule has 0 fully saturated rings. The molecule has 0 N–H and O–H groups in total. The Kier molecular flexibility index (Phi) is 2.98. The molecular weight excluding hydrogens is 544 g/mol. The second kappa shape index (κ2) is 11.0. The van der Waals surface area contributed by atoms with Crippen molar-refractivity contribution in [3.63, 3.8) is 0 Å². The molecule has 8 aromatic rings. The zero-order valence-corrected chi connectivity index (χ0v) is 23.0. The van der Waals surface area contributed by atoms with E-state index in [2.05, 4.69) is 0 Å². The molecule has 212 valence electrons. The fourth-order valence-corrected chi connectivity index (χ4v) is 5.65. The largest absolute Gasteiger partial charge is 0.456 e. The molecule has 0 aliphatic rings. The van der Waals surface area contributed by atoms with Crippen LogP contribution in [0.1, 0.15) is 41.3 Å². The highest BCUT2D eigenvalue weighted by atomic mass is 16.3. The first-order chi connectivity index (χ1) is 31.5. The quantitative estimate of drug-likeness (QED) is 0.186. The Morgan fingerprint density at radius 2 is 1.11 bits per heavy atom. The van der Waals surface area contributed by atoms with Gasteiger partial charge in [0.2, 0.25) is 0 Å². The average molecular weight is 597 g/mol. The molecule has 0 spiro atoms. The Morgan fingerprint density at radius 3 is 1.80 bits per heavy atom. The summed E-state index contributed by atoms with van der Waals surface area (Å²) in [5, 5.41) is -0.527. The van der Waals surface area contributed by atoms with Crippen LogP contribution in [0.5, 0.6) is 0 Å². The van der Waals surface area contributed by atoms with Gasteiger partial charge in [-0.25, -0.2) is 0 Å². The summed E-state index contributed by atoms with van der Waals surface area (Å²) in [5.74, 6) is 0. The first-order valence-corrected chi connectivity index (χ1v) is 13.5. The maximum Gasteiger partial charge on any atom is 0.136 e. The minimum Gasteiger partial charge on any atom is -0.456 e. The van der Waals surface area contributed by atoms with Crippen molar-refractivity contribution in [3.05, 3.63) is 169 Å². The van der Waals surface area contributed by atoms with E-state index >= 15 is 0 Å². The Bertz CT molecular complexity index is 3550. The second-order valence-corrected chi connectivity index (χ2v) is 9.78. The standard InChI is InChI=1S/C44H30O/c1-3-32-33(4-2)43(37-24-14-13-23-36(37)42(32)35-22-12-11-21-34(35)30-19-9-6-10-20-30)39-27-31(29-17-7-5-8-18-29)28-41-44(39)38-25-15-16-26-40(38)45-41/h3-28H,1-2H2/i1D,2D,3D,4D,5D,6D,7D,8D,9D,10D,11D,12D,13D,14D,17D,18D,19D,20D,21D,22D,23D,24D. The Morgan fingerprint density at radius 1 is 0.533 bits per heavy atom. The van der Waals surface area contributed by atoms with Crippen LogP contribution in [0.2, 0.25) is 0 Å². The third kappa shape index (κ3) is 4.32. The number of rotatable bonds is 6. The lowest BCUT2D eigenvalue weighted by Gasteiger charge is -2.22. The van der Waals surface area contributed by atoms with E-state index in [4.69, 9.17) is 26.3 Å². The first-order valence-electron chi connectivity index (χ1n) is 24.6. The number of hydrogen-bond acceptors (Lipinski definition) is 1. The minimum absolute atomic E-state index is 0.00948. The molecule has 0 saturated carbocycles. The molecule has 0 radical (unpaired) electrons. The fraction of sp³-hybridized carbons (Fsp3) is 0. The van der Waals surface area contributed by atoms with E-state index in [1.807, 2.05) is 0 Å². The number of fused-ring (bicyclic) bond motifs is 4. The van der Waals surface area contributed by atoms with Crippen molar-refractivity contribution in [3.8, 4) is 44.5 Å². The summed E-state index contributed by atoms with van der Waals surface area (Å²) in [6.45, 7) is 0.990. The molecule has 1 aromatic heterocycles. The number of hydrogen-bond donors (Lipinski definition) is 0. The Hall–Kier alpha value is -5.92. The SMILES string of the molecule is [2H]C=C([2H])c1c(C([2H])=C[2H])c(-c2cc(-c3c([2H])c([2H])c([2H])c([2H])c3[2H])cc3oc4ccccc4c23)c2c([2H])c([2H])c([2H])c([2H])c2c1-c1c([2H])c([2H])c([2H])c([2H])c1-c1c([2H])c([2H])c([2H])c([2H])c1[2H]. The summed E-state index contributed by atoms with van der Waals surface area (Å²) in [5.41, 5.74) is -4.60. The van der Waals surface area contributed by atoms with Gasteiger partial charge >= 0.3 is 0 Å².